The van der Waals surface area contributed by atoms with E-state index in [1.807, 2.05) is 0 Å². The fraction of sp³-hybridized carbons (Fsp3) is 0.292. The number of sulfonamides is 1. The molecule has 3 heterocycles. The fourth-order valence-corrected chi connectivity index (χ4v) is 6.59. The van der Waals surface area contributed by atoms with E-state index >= 15 is 0 Å². The predicted octanol–water partition coefficient (Wildman–Crippen LogP) is 3.91. The van der Waals surface area contributed by atoms with Gasteiger partial charge in [-0.25, -0.2) is 27.2 Å². The molecule has 2 saturated heterocycles. The van der Waals surface area contributed by atoms with Crippen molar-refractivity contribution < 1.29 is 35.2 Å². The monoisotopic (exact) mass is 538 g/mol. The second kappa shape index (κ2) is 9.14. The standard InChI is InChI=1S/C24H19F5N4O3S/c25-17-2-4-19(5-3-17)37(35,36)33-18-8-14(9-18)21(33)22(34)30-10-15-7-13(1-6-20(15)26)16-11-31-23(32-12-16)24(27,28)29/h1-7,11-12,14,18,21H,8-10H2,(H,30,34). The van der Waals surface area contributed by atoms with Crippen molar-refractivity contribution in [2.75, 3.05) is 0 Å². The van der Waals surface area contributed by atoms with Crippen molar-refractivity contribution in [2.45, 2.75) is 42.5 Å². The van der Waals surface area contributed by atoms with Crippen LogP contribution in [0.3, 0.4) is 0 Å². The SMILES string of the molecule is O=C(NCc1cc(-c2cnc(C(F)(F)F)nc2)ccc1F)C1C2CC(C2)N1S(=O)(=O)c1ccc(F)cc1. The van der Waals surface area contributed by atoms with Crippen LogP contribution in [-0.2, 0) is 27.5 Å². The number of alkyl halides is 3. The number of halogens is 5. The minimum absolute atomic E-state index is 0.0454. The quantitative estimate of drug-likeness (QED) is 0.481. The molecule has 3 aliphatic rings. The molecule has 3 aromatic rings. The Balaban J connectivity index is 1.32. The molecule has 1 atom stereocenters. The largest absolute Gasteiger partial charge is 0.451 e. The van der Waals surface area contributed by atoms with Crippen molar-refractivity contribution in [3.05, 3.63) is 77.9 Å². The molecule has 1 unspecified atom stereocenters. The number of nitrogens with zero attached hydrogens (tertiary/aromatic N) is 3. The number of fused-ring (bicyclic) bond motifs is 1. The normalized spacial score (nSPS) is 21.5. The number of carbonyl (C=O) groups is 1. The number of hydrogen-bond acceptors (Lipinski definition) is 5. The maximum Gasteiger partial charge on any atom is 0.451 e. The Morgan fingerprint density at radius 1 is 1.00 bits per heavy atom. The van der Waals surface area contributed by atoms with Crippen LogP contribution in [0.4, 0.5) is 22.0 Å². The molecule has 13 heteroatoms. The Labute approximate surface area is 208 Å². The van der Waals surface area contributed by atoms with Gasteiger partial charge < -0.3 is 5.32 Å². The van der Waals surface area contributed by atoms with Crippen molar-refractivity contribution in [2.24, 2.45) is 5.92 Å². The molecule has 1 aromatic heterocycles. The summed E-state index contributed by atoms with van der Waals surface area (Å²) in [5.41, 5.74) is 0.598. The lowest BCUT2D eigenvalue weighted by Crippen LogP contribution is -2.46. The number of hydrogen-bond donors (Lipinski definition) is 1. The van der Waals surface area contributed by atoms with Gasteiger partial charge in [0.25, 0.3) is 0 Å². The Morgan fingerprint density at radius 3 is 2.27 bits per heavy atom. The molecule has 1 aliphatic carbocycles. The third-order valence-electron chi connectivity index (χ3n) is 6.63. The molecule has 37 heavy (non-hydrogen) atoms. The molecular formula is C24H19F5N4O3S. The van der Waals surface area contributed by atoms with E-state index in [1.165, 1.54) is 12.1 Å². The van der Waals surface area contributed by atoms with E-state index in [-0.39, 0.29) is 34.5 Å². The summed E-state index contributed by atoms with van der Waals surface area (Å²) in [5, 5.41) is 2.58. The lowest BCUT2D eigenvalue weighted by Gasteiger charge is -2.25. The van der Waals surface area contributed by atoms with Gasteiger partial charge >= 0.3 is 6.18 Å². The molecular weight excluding hydrogens is 519 g/mol. The van der Waals surface area contributed by atoms with Crippen LogP contribution in [0.25, 0.3) is 11.1 Å². The molecule has 0 radical (unpaired) electrons. The van der Waals surface area contributed by atoms with Crippen LogP contribution >= 0.6 is 0 Å². The maximum atomic E-state index is 14.5. The van der Waals surface area contributed by atoms with Crippen LogP contribution in [0, 0.1) is 17.6 Å². The first-order chi connectivity index (χ1) is 17.4. The van der Waals surface area contributed by atoms with E-state index in [9.17, 15) is 35.2 Å². The first-order valence-corrected chi connectivity index (χ1v) is 12.6. The highest BCUT2D eigenvalue weighted by Crippen LogP contribution is 2.48. The van der Waals surface area contributed by atoms with Gasteiger partial charge in [0.15, 0.2) is 0 Å². The Hall–Kier alpha value is -3.45. The van der Waals surface area contributed by atoms with Crippen molar-refractivity contribution in [3.63, 3.8) is 0 Å². The zero-order chi connectivity index (χ0) is 26.5. The molecule has 1 saturated carbocycles. The number of aromatic nitrogens is 2. The summed E-state index contributed by atoms with van der Waals surface area (Å²) in [4.78, 5) is 19.5. The Kier molecular flexibility index (Phi) is 6.23. The molecule has 1 N–H and O–H groups in total. The number of carbonyl (C=O) groups excluding carboxylic acids is 1. The highest BCUT2D eigenvalue weighted by atomic mass is 32.2. The minimum Gasteiger partial charge on any atom is -0.351 e. The molecule has 7 nitrogen and oxygen atoms in total. The van der Waals surface area contributed by atoms with Crippen LogP contribution in [0.15, 0.2) is 59.8 Å². The smallest absolute Gasteiger partial charge is 0.351 e. The lowest BCUT2D eigenvalue weighted by atomic mass is 9.83. The second-order valence-corrected chi connectivity index (χ2v) is 10.8. The zero-order valence-corrected chi connectivity index (χ0v) is 19.7. The number of nitrogens with one attached hydrogen (secondary N) is 1. The predicted molar refractivity (Wildman–Crippen MR) is 120 cm³/mol. The van der Waals surface area contributed by atoms with Crippen LogP contribution in [-0.4, -0.2) is 40.7 Å². The molecule has 1 amide bonds. The molecule has 194 valence electrons. The van der Waals surface area contributed by atoms with Gasteiger partial charge in [0.1, 0.15) is 17.7 Å². The zero-order valence-electron chi connectivity index (χ0n) is 18.9. The number of rotatable bonds is 6. The Bertz CT molecular complexity index is 1440. The highest BCUT2D eigenvalue weighted by molar-refractivity contribution is 7.89. The van der Waals surface area contributed by atoms with Gasteiger partial charge in [0.05, 0.1) is 4.90 Å². The van der Waals surface area contributed by atoms with Crippen LogP contribution in [0.2, 0.25) is 0 Å². The van der Waals surface area contributed by atoms with E-state index in [4.69, 9.17) is 0 Å². The molecule has 6 rings (SSSR count). The topological polar surface area (TPSA) is 92.3 Å². The molecule has 2 bridgehead atoms. The first-order valence-electron chi connectivity index (χ1n) is 11.2. The molecule has 3 fully saturated rings. The van der Waals surface area contributed by atoms with E-state index in [1.54, 1.807) is 0 Å². The molecule has 2 aliphatic heterocycles. The van der Waals surface area contributed by atoms with Crippen molar-refractivity contribution in [1.82, 2.24) is 19.6 Å². The maximum absolute atomic E-state index is 14.5. The third kappa shape index (κ3) is 4.68. The number of amides is 1. The number of benzene rings is 2. The van der Waals surface area contributed by atoms with E-state index in [2.05, 4.69) is 15.3 Å². The van der Waals surface area contributed by atoms with Gasteiger partial charge in [0.2, 0.25) is 21.8 Å². The lowest BCUT2D eigenvalue weighted by molar-refractivity contribution is -0.145. The second-order valence-electron chi connectivity index (χ2n) is 8.94. The third-order valence-corrected chi connectivity index (χ3v) is 8.57. The van der Waals surface area contributed by atoms with E-state index < -0.39 is 45.6 Å². The summed E-state index contributed by atoms with van der Waals surface area (Å²) < 4.78 is 93.4. The minimum atomic E-state index is -4.70. The highest BCUT2D eigenvalue weighted by Gasteiger charge is 2.58. The van der Waals surface area contributed by atoms with Gasteiger partial charge in [0, 0.05) is 36.1 Å². The Morgan fingerprint density at radius 2 is 1.65 bits per heavy atom. The summed E-state index contributed by atoms with van der Waals surface area (Å²) in [6.45, 7) is -0.279. The van der Waals surface area contributed by atoms with Gasteiger partial charge in [-0.3, -0.25) is 4.79 Å². The summed E-state index contributed by atoms with van der Waals surface area (Å²) in [6, 6.07) is 6.79. The van der Waals surface area contributed by atoms with Gasteiger partial charge in [-0.1, -0.05) is 6.07 Å². The average molecular weight is 538 g/mol. The van der Waals surface area contributed by atoms with Crippen LogP contribution in [0.1, 0.15) is 24.2 Å². The van der Waals surface area contributed by atoms with Gasteiger partial charge in [-0.2, -0.15) is 17.5 Å². The van der Waals surface area contributed by atoms with Crippen LogP contribution < -0.4 is 5.32 Å². The van der Waals surface area contributed by atoms with E-state index in [0.29, 0.717) is 18.4 Å². The summed E-state index contributed by atoms with van der Waals surface area (Å²) in [6.07, 6.45) is -1.74. The summed E-state index contributed by atoms with van der Waals surface area (Å²) in [5.74, 6) is -3.35. The molecule has 2 aromatic carbocycles. The van der Waals surface area contributed by atoms with Crippen molar-refractivity contribution in [3.8, 4) is 11.1 Å². The first kappa shape index (κ1) is 25.2. The fourth-order valence-electron chi connectivity index (χ4n) is 4.73. The molecule has 0 spiro atoms. The van der Waals surface area contributed by atoms with Crippen molar-refractivity contribution >= 4 is 15.9 Å². The average Bonchev–Trinajstić information content (AvgIpc) is 3.41. The van der Waals surface area contributed by atoms with Gasteiger partial charge in [-0.15, -0.1) is 0 Å². The van der Waals surface area contributed by atoms with E-state index in [0.717, 1.165) is 47.0 Å². The summed E-state index contributed by atoms with van der Waals surface area (Å²) in [7, 11) is -4.07. The van der Waals surface area contributed by atoms with Crippen molar-refractivity contribution in [1.29, 1.82) is 0 Å². The summed E-state index contributed by atoms with van der Waals surface area (Å²) >= 11 is 0. The van der Waals surface area contributed by atoms with Gasteiger partial charge in [-0.05, 0) is 60.7 Å². The van der Waals surface area contributed by atoms with Crippen LogP contribution in [0.5, 0.6) is 0 Å².